The molecule has 2 aliphatic carbocycles. The number of allylic oxidation sites excluding steroid dienone is 2. The summed E-state index contributed by atoms with van der Waals surface area (Å²) >= 11 is 0. The van der Waals surface area contributed by atoms with Gasteiger partial charge < -0.3 is 14.8 Å². The molecule has 3 unspecified atom stereocenters. The topological polar surface area (TPSA) is 33.7 Å². The van der Waals surface area contributed by atoms with Crippen molar-refractivity contribution in [2.24, 2.45) is 11.8 Å². The lowest BCUT2D eigenvalue weighted by atomic mass is 10.0. The fourth-order valence-electron chi connectivity index (χ4n) is 4.58. The molecule has 1 aliphatic heterocycles. The number of nitrogens with one attached hydrogen (secondary N) is 1. The summed E-state index contributed by atoms with van der Waals surface area (Å²) in [7, 11) is 1.77. The van der Waals surface area contributed by atoms with Gasteiger partial charge in [0.1, 0.15) is 17.3 Å². The zero-order chi connectivity index (χ0) is 17.9. The van der Waals surface area contributed by atoms with Crippen molar-refractivity contribution in [3.63, 3.8) is 0 Å². The number of hydrogen-bond acceptors (Lipinski definition) is 4. The SMILES string of the molecule is CCN(Cc1cccc(OC2=C(OC)CCC3CC23)c1)C1CCCNC1.[HH]. The summed E-state index contributed by atoms with van der Waals surface area (Å²) in [5, 5.41) is 3.54. The van der Waals surface area contributed by atoms with Gasteiger partial charge in [0.25, 0.3) is 0 Å². The Kier molecular flexibility index (Phi) is 5.51. The smallest absolute Gasteiger partial charge is 0.145 e. The van der Waals surface area contributed by atoms with E-state index < -0.39 is 0 Å². The van der Waals surface area contributed by atoms with Crippen LogP contribution < -0.4 is 10.1 Å². The van der Waals surface area contributed by atoms with Gasteiger partial charge in [-0.3, -0.25) is 4.90 Å². The van der Waals surface area contributed by atoms with E-state index in [1.165, 1.54) is 31.2 Å². The van der Waals surface area contributed by atoms with Gasteiger partial charge in [-0.05, 0) is 62.4 Å². The maximum absolute atomic E-state index is 6.34. The molecule has 1 aromatic rings. The molecule has 0 amide bonds. The molecule has 1 saturated carbocycles. The molecule has 144 valence electrons. The largest absolute Gasteiger partial charge is 0.498 e. The summed E-state index contributed by atoms with van der Waals surface area (Å²) in [6.45, 7) is 6.61. The van der Waals surface area contributed by atoms with Gasteiger partial charge in [-0.15, -0.1) is 0 Å². The average Bonchev–Trinajstić information content (AvgIpc) is 3.48. The number of ether oxygens (including phenoxy) is 2. The maximum Gasteiger partial charge on any atom is 0.145 e. The average molecular weight is 359 g/mol. The number of methoxy groups -OCH3 is 1. The highest BCUT2D eigenvalue weighted by Crippen LogP contribution is 2.52. The summed E-state index contributed by atoms with van der Waals surface area (Å²) in [6, 6.07) is 9.28. The highest BCUT2D eigenvalue weighted by Gasteiger charge is 2.46. The van der Waals surface area contributed by atoms with Crippen LogP contribution in [0.2, 0.25) is 0 Å². The zero-order valence-electron chi connectivity index (χ0n) is 16.2. The van der Waals surface area contributed by atoms with E-state index in [9.17, 15) is 0 Å². The second-order valence-corrected chi connectivity index (χ2v) is 7.95. The van der Waals surface area contributed by atoms with E-state index in [0.717, 1.165) is 55.8 Å². The van der Waals surface area contributed by atoms with Crippen LogP contribution in [0.15, 0.2) is 35.8 Å². The Morgan fingerprint density at radius 1 is 1.31 bits per heavy atom. The number of piperidine rings is 1. The van der Waals surface area contributed by atoms with Crippen LogP contribution >= 0.6 is 0 Å². The van der Waals surface area contributed by atoms with Crippen LogP contribution in [0.3, 0.4) is 0 Å². The van der Waals surface area contributed by atoms with E-state index in [0.29, 0.717) is 12.0 Å². The molecule has 0 spiro atoms. The monoisotopic (exact) mass is 358 g/mol. The Balaban J connectivity index is 0.00000210. The quantitative estimate of drug-likeness (QED) is 0.793. The molecule has 1 N–H and O–H groups in total. The van der Waals surface area contributed by atoms with Crippen molar-refractivity contribution in [2.45, 2.75) is 51.6 Å². The Hall–Kier alpha value is -1.52. The lowest BCUT2D eigenvalue weighted by Crippen LogP contribution is -2.45. The number of benzene rings is 1. The van der Waals surface area contributed by atoms with Gasteiger partial charge in [-0.25, -0.2) is 0 Å². The van der Waals surface area contributed by atoms with Crippen LogP contribution in [0.4, 0.5) is 0 Å². The number of rotatable bonds is 7. The summed E-state index contributed by atoms with van der Waals surface area (Å²) in [5.41, 5.74) is 1.33. The molecule has 4 nitrogen and oxygen atoms in total. The molecular formula is C22H34N2O2. The Morgan fingerprint density at radius 2 is 2.23 bits per heavy atom. The second-order valence-electron chi connectivity index (χ2n) is 7.95. The third kappa shape index (κ3) is 3.91. The molecule has 3 aliphatic rings. The third-order valence-electron chi connectivity index (χ3n) is 6.23. The first kappa shape index (κ1) is 17.9. The van der Waals surface area contributed by atoms with Gasteiger partial charge in [0.15, 0.2) is 0 Å². The van der Waals surface area contributed by atoms with Crippen molar-refractivity contribution in [3.05, 3.63) is 41.3 Å². The van der Waals surface area contributed by atoms with Crippen LogP contribution in [0, 0.1) is 11.8 Å². The molecule has 1 aromatic carbocycles. The molecular weight excluding hydrogens is 324 g/mol. The van der Waals surface area contributed by atoms with E-state index >= 15 is 0 Å². The van der Waals surface area contributed by atoms with Crippen molar-refractivity contribution in [1.82, 2.24) is 10.2 Å². The minimum absolute atomic E-state index is 0. The summed E-state index contributed by atoms with van der Waals surface area (Å²) in [5.74, 6) is 4.50. The van der Waals surface area contributed by atoms with Crippen molar-refractivity contribution < 1.29 is 10.9 Å². The van der Waals surface area contributed by atoms with Gasteiger partial charge >= 0.3 is 0 Å². The number of nitrogens with zero attached hydrogens (tertiary/aromatic N) is 1. The number of fused-ring (bicyclic) bond motifs is 1. The standard InChI is InChI=1S/C22H32N2O2.H2/c1-3-24(18-7-5-11-23-14-18)15-16-6-4-8-19(12-16)26-22-20-13-17(20)9-10-21(22)25-2;/h4,6,8,12,17-18,20,23H,3,5,7,9-11,13-15H2,1-2H3;1H. The van der Waals surface area contributed by atoms with Gasteiger partial charge in [0.05, 0.1) is 7.11 Å². The van der Waals surface area contributed by atoms with Gasteiger partial charge in [0.2, 0.25) is 0 Å². The molecule has 2 fully saturated rings. The minimum atomic E-state index is 0. The second kappa shape index (κ2) is 8.01. The lowest BCUT2D eigenvalue weighted by molar-refractivity contribution is 0.166. The lowest BCUT2D eigenvalue weighted by Gasteiger charge is -2.34. The molecule has 0 radical (unpaired) electrons. The van der Waals surface area contributed by atoms with E-state index in [-0.39, 0.29) is 1.43 Å². The molecule has 1 saturated heterocycles. The van der Waals surface area contributed by atoms with Gasteiger partial charge in [-0.1, -0.05) is 19.1 Å². The van der Waals surface area contributed by atoms with Crippen LogP contribution in [0.1, 0.15) is 46.0 Å². The highest BCUT2D eigenvalue weighted by molar-refractivity contribution is 5.32. The Labute approximate surface area is 159 Å². The Morgan fingerprint density at radius 3 is 3.00 bits per heavy atom. The van der Waals surface area contributed by atoms with E-state index in [1.54, 1.807) is 7.11 Å². The van der Waals surface area contributed by atoms with E-state index in [2.05, 4.69) is 41.4 Å². The minimum Gasteiger partial charge on any atom is -0.498 e. The van der Waals surface area contributed by atoms with Crippen LogP contribution in [0.5, 0.6) is 5.75 Å². The molecule has 4 rings (SSSR count). The zero-order valence-corrected chi connectivity index (χ0v) is 16.2. The predicted molar refractivity (Wildman–Crippen MR) is 106 cm³/mol. The van der Waals surface area contributed by atoms with Crippen LogP contribution in [-0.4, -0.2) is 37.7 Å². The molecule has 3 atom stereocenters. The van der Waals surface area contributed by atoms with Crippen molar-refractivity contribution in [3.8, 4) is 5.75 Å². The summed E-state index contributed by atoms with van der Waals surface area (Å²) in [4.78, 5) is 2.59. The first-order valence-electron chi connectivity index (χ1n) is 10.3. The maximum atomic E-state index is 6.34. The van der Waals surface area contributed by atoms with Gasteiger partial charge in [-0.2, -0.15) is 0 Å². The van der Waals surface area contributed by atoms with Crippen LogP contribution in [-0.2, 0) is 11.3 Å². The highest BCUT2D eigenvalue weighted by atomic mass is 16.5. The number of likely N-dealkylation sites (N-methyl/N-ethyl adjacent to an activating group) is 1. The predicted octanol–water partition coefficient (Wildman–Crippen LogP) is 4.17. The van der Waals surface area contributed by atoms with Crippen molar-refractivity contribution in [2.75, 3.05) is 26.7 Å². The summed E-state index contributed by atoms with van der Waals surface area (Å²) in [6.07, 6.45) is 6.11. The third-order valence-corrected chi connectivity index (χ3v) is 6.23. The normalized spacial score (nSPS) is 28.0. The first-order chi connectivity index (χ1) is 12.8. The Bertz CT molecular complexity index is 657. The fourth-order valence-corrected chi connectivity index (χ4v) is 4.58. The van der Waals surface area contributed by atoms with Crippen molar-refractivity contribution >= 4 is 0 Å². The number of hydrogen-bond donors (Lipinski definition) is 1. The molecule has 4 heteroatoms. The van der Waals surface area contributed by atoms with Gasteiger partial charge in [0, 0.05) is 32.9 Å². The van der Waals surface area contributed by atoms with E-state index in [4.69, 9.17) is 9.47 Å². The van der Waals surface area contributed by atoms with Crippen molar-refractivity contribution in [1.29, 1.82) is 0 Å². The molecule has 1 heterocycles. The fraction of sp³-hybridized carbons (Fsp3) is 0.636. The molecule has 0 bridgehead atoms. The molecule has 0 aromatic heterocycles. The van der Waals surface area contributed by atoms with E-state index in [1.807, 2.05) is 0 Å². The molecule has 26 heavy (non-hydrogen) atoms. The first-order valence-corrected chi connectivity index (χ1v) is 10.3. The van der Waals surface area contributed by atoms with Crippen LogP contribution in [0.25, 0.3) is 0 Å². The summed E-state index contributed by atoms with van der Waals surface area (Å²) < 4.78 is 11.9.